The molecule has 1 N–H and O–H groups in total. The van der Waals surface area contributed by atoms with Crippen LogP contribution in [0.25, 0.3) is 5.57 Å². The second-order valence-electron chi connectivity index (χ2n) is 7.34. The minimum absolute atomic E-state index is 0.0377. The number of nitrogens with zero attached hydrogens (tertiary/aromatic N) is 1. The van der Waals surface area contributed by atoms with Gasteiger partial charge < -0.3 is 9.88 Å². The van der Waals surface area contributed by atoms with Crippen molar-refractivity contribution in [2.45, 2.75) is 47.0 Å². The third-order valence-corrected chi connectivity index (χ3v) is 5.57. The number of hydrogen-bond donors (Lipinski definition) is 1. The lowest BCUT2D eigenvalue weighted by Gasteiger charge is -2.26. The van der Waals surface area contributed by atoms with Gasteiger partial charge in [0.1, 0.15) is 5.69 Å². The summed E-state index contributed by atoms with van der Waals surface area (Å²) in [5.41, 5.74) is 4.00. The van der Waals surface area contributed by atoms with Crippen molar-refractivity contribution < 1.29 is 9.59 Å². The zero-order valence-corrected chi connectivity index (χ0v) is 19.9. The fourth-order valence-corrected chi connectivity index (χ4v) is 3.79. The maximum Gasteiger partial charge on any atom is 0.270 e. The van der Waals surface area contributed by atoms with Gasteiger partial charge in [-0.05, 0) is 62.4 Å². The van der Waals surface area contributed by atoms with E-state index < -0.39 is 0 Å². The average Bonchev–Trinajstić information content (AvgIpc) is 3.26. The molecule has 1 aliphatic rings. The molecule has 0 spiro atoms. The SMILES string of the molecule is C=C(C(C(=O)c1c[nH]c(C(=O)N2CCCCC2)c1)=C(C)C)c1ccc(Br)cc1.CC. The van der Waals surface area contributed by atoms with Gasteiger partial charge in [-0.3, -0.25) is 9.59 Å². The molecule has 0 bridgehead atoms. The Morgan fingerprint density at radius 1 is 1.00 bits per heavy atom. The molecule has 1 aromatic carbocycles. The summed E-state index contributed by atoms with van der Waals surface area (Å²) >= 11 is 3.43. The second kappa shape index (κ2) is 11.1. The summed E-state index contributed by atoms with van der Waals surface area (Å²) in [6, 6.07) is 9.39. The van der Waals surface area contributed by atoms with Gasteiger partial charge in [-0.15, -0.1) is 0 Å². The van der Waals surface area contributed by atoms with Crippen molar-refractivity contribution in [1.29, 1.82) is 0 Å². The number of aromatic amines is 1. The van der Waals surface area contributed by atoms with E-state index in [2.05, 4.69) is 27.5 Å². The number of H-pyrrole nitrogens is 1. The highest BCUT2D eigenvalue weighted by molar-refractivity contribution is 9.10. The molecule has 1 aromatic heterocycles. The number of likely N-dealkylation sites (tertiary alicyclic amines) is 1. The number of ketones is 1. The third kappa shape index (κ3) is 5.60. The first kappa shape index (κ1) is 23.9. The lowest BCUT2D eigenvalue weighted by atomic mass is 9.91. The van der Waals surface area contributed by atoms with E-state index >= 15 is 0 Å². The van der Waals surface area contributed by atoms with Crippen molar-refractivity contribution in [3.8, 4) is 0 Å². The Balaban J connectivity index is 0.00000155. The van der Waals surface area contributed by atoms with Crippen LogP contribution in [0.2, 0.25) is 0 Å². The molecular weight excluding hydrogens is 440 g/mol. The fourth-order valence-electron chi connectivity index (χ4n) is 3.52. The van der Waals surface area contributed by atoms with Gasteiger partial charge in [-0.2, -0.15) is 0 Å². The van der Waals surface area contributed by atoms with Gasteiger partial charge in [0.15, 0.2) is 5.78 Å². The molecule has 1 fully saturated rings. The summed E-state index contributed by atoms with van der Waals surface area (Å²) in [6.07, 6.45) is 4.86. The molecule has 3 rings (SSSR count). The van der Waals surface area contributed by atoms with Crippen molar-refractivity contribution in [3.05, 3.63) is 75.5 Å². The van der Waals surface area contributed by atoms with E-state index in [4.69, 9.17) is 0 Å². The Bertz CT molecular complexity index is 928. The largest absolute Gasteiger partial charge is 0.356 e. The highest BCUT2D eigenvalue weighted by Gasteiger charge is 2.23. The van der Waals surface area contributed by atoms with Gasteiger partial charge >= 0.3 is 0 Å². The Morgan fingerprint density at radius 2 is 1.60 bits per heavy atom. The van der Waals surface area contributed by atoms with E-state index in [0.717, 1.165) is 41.5 Å². The Hall–Kier alpha value is -2.40. The number of hydrogen-bond acceptors (Lipinski definition) is 2. The summed E-state index contributed by atoms with van der Waals surface area (Å²) in [6.45, 7) is 13.5. The van der Waals surface area contributed by atoms with Crippen LogP contribution in [0, 0.1) is 0 Å². The highest BCUT2D eigenvalue weighted by Crippen LogP contribution is 2.28. The van der Waals surface area contributed by atoms with Crippen LogP contribution in [-0.4, -0.2) is 34.7 Å². The van der Waals surface area contributed by atoms with E-state index in [1.807, 2.05) is 56.9 Å². The first-order valence-corrected chi connectivity index (χ1v) is 11.3. The van der Waals surface area contributed by atoms with Gasteiger partial charge in [-0.1, -0.05) is 54.1 Å². The molecular formula is C25H31BrN2O2. The number of amides is 1. The summed E-state index contributed by atoms with van der Waals surface area (Å²) in [7, 11) is 0. The van der Waals surface area contributed by atoms with Crippen LogP contribution in [0.4, 0.5) is 0 Å². The van der Waals surface area contributed by atoms with Gasteiger partial charge in [0, 0.05) is 34.9 Å². The number of allylic oxidation sites excluding steroid dienone is 3. The predicted molar refractivity (Wildman–Crippen MR) is 128 cm³/mol. The number of aromatic nitrogens is 1. The Morgan fingerprint density at radius 3 is 2.17 bits per heavy atom. The standard InChI is InChI=1S/C23H25BrN2O2.C2H6/c1-15(2)21(16(3)17-7-9-19(24)10-8-17)22(27)18-13-20(25-14-18)23(28)26-11-5-4-6-12-26;1-2/h7-10,13-14,25H,3-6,11-12H2,1-2H3;1-2H3. The molecule has 0 unspecified atom stereocenters. The lowest BCUT2D eigenvalue weighted by molar-refractivity contribution is 0.0719. The van der Waals surface area contributed by atoms with Crippen molar-refractivity contribution in [3.63, 3.8) is 0 Å². The maximum atomic E-state index is 13.2. The molecule has 5 heteroatoms. The molecule has 1 saturated heterocycles. The number of carbonyl (C=O) groups is 2. The topological polar surface area (TPSA) is 53.2 Å². The fraction of sp³-hybridized carbons (Fsp3) is 0.360. The Kier molecular flexibility index (Phi) is 8.85. The van der Waals surface area contributed by atoms with Gasteiger partial charge in [0.25, 0.3) is 5.91 Å². The van der Waals surface area contributed by atoms with Crippen LogP contribution in [0.5, 0.6) is 0 Å². The summed E-state index contributed by atoms with van der Waals surface area (Å²) in [5, 5.41) is 0. The first-order chi connectivity index (χ1) is 14.4. The average molecular weight is 471 g/mol. The number of Topliss-reactive ketones (excluding diaryl/α,β-unsaturated/α-hetero) is 1. The molecule has 0 saturated carbocycles. The molecule has 0 radical (unpaired) electrons. The molecule has 30 heavy (non-hydrogen) atoms. The van der Waals surface area contributed by atoms with E-state index in [-0.39, 0.29) is 11.7 Å². The number of benzene rings is 1. The lowest BCUT2D eigenvalue weighted by Crippen LogP contribution is -2.35. The molecule has 0 aliphatic carbocycles. The van der Waals surface area contributed by atoms with Crippen LogP contribution < -0.4 is 0 Å². The second-order valence-corrected chi connectivity index (χ2v) is 8.26. The monoisotopic (exact) mass is 470 g/mol. The van der Waals surface area contributed by atoms with E-state index in [1.165, 1.54) is 6.42 Å². The predicted octanol–water partition coefficient (Wildman–Crippen LogP) is 6.66. The molecule has 2 heterocycles. The van der Waals surface area contributed by atoms with Crippen LogP contribution in [-0.2, 0) is 0 Å². The zero-order chi connectivity index (χ0) is 22.3. The van der Waals surface area contributed by atoms with Gasteiger partial charge in [0.2, 0.25) is 0 Å². The van der Waals surface area contributed by atoms with Gasteiger partial charge in [0.05, 0.1) is 0 Å². The Labute approximate surface area is 188 Å². The summed E-state index contributed by atoms with van der Waals surface area (Å²) in [5.74, 6) is -0.161. The number of carbonyl (C=O) groups excluding carboxylic acids is 2. The zero-order valence-electron chi connectivity index (χ0n) is 18.3. The van der Waals surface area contributed by atoms with E-state index in [1.54, 1.807) is 12.3 Å². The van der Waals surface area contributed by atoms with Crippen molar-refractivity contribution in [2.24, 2.45) is 0 Å². The summed E-state index contributed by atoms with van der Waals surface area (Å²) < 4.78 is 0.973. The third-order valence-electron chi connectivity index (χ3n) is 5.04. The van der Waals surface area contributed by atoms with Crippen molar-refractivity contribution in [1.82, 2.24) is 9.88 Å². The van der Waals surface area contributed by atoms with Crippen molar-refractivity contribution >= 4 is 33.2 Å². The number of rotatable bonds is 5. The molecule has 160 valence electrons. The van der Waals surface area contributed by atoms with Crippen molar-refractivity contribution in [2.75, 3.05) is 13.1 Å². The molecule has 0 atom stereocenters. The number of piperidine rings is 1. The van der Waals surface area contributed by atoms with Gasteiger partial charge in [-0.25, -0.2) is 0 Å². The quantitative estimate of drug-likeness (QED) is 0.301. The number of nitrogens with one attached hydrogen (secondary N) is 1. The van der Waals surface area contributed by atoms with Crippen LogP contribution in [0.15, 0.2) is 58.7 Å². The molecule has 4 nitrogen and oxygen atoms in total. The van der Waals surface area contributed by atoms with Crippen LogP contribution in [0.3, 0.4) is 0 Å². The molecule has 1 aliphatic heterocycles. The van der Waals surface area contributed by atoms with E-state index in [0.29, 0.717) is 22.4 Å². The van der Waals surface area contributed by atoms with E-state index in [9.17, 15) is 9.59 Å². The maximum absolute atomic E-state index is 13.2. The smallest absolute Gasteiger partial charge is 0.270 e. The highest BCUT2D eigenvalue weighted by atomic mass is 79.9. The molecule has 2 aromatic rings. The first-order valence-electron chi connectivity index (χ1n) is 10.5. The summed E-state index contributed by atoms with van der Waals surface area (Å²) in [4.78, 5) is 30.7. The van der Waals surface area contributed by atoms with Crippen LogP contribution >= 0.6 is 15.9 Å². The van der Waals surface area contributed by atoms with Crippen LogP contribution in [0.1, 0.15) is 73.4 Å². The normalized spacial score (nSPS) is 13.2. The minimum atomic E-state index is -0.123. The number of halogens is 1. The minimum Gasteiger partial charge on any atom is -0.356 e. The molecule has 1 amide bonds.